The summed E-state index contributed by atoms with van der Waals surface area (Å²) in [7, 11) is 2.23. The van der Waals surface area contributed by atoms with Crippen molar-refractivity contribution < 1.29 is 0 Å². The van der Waals surface area contributed by atoms with Crippen LogP contribution in [0.5, 0.6) is 0 Å². The Morgan fingerprint density at radius 3 is 2.60 bits per heavy atom. The maximum Gasteiger partial charge on any atom is 0.0230 e. The fourth-order valence-electron chi connectivity index (χ4n) is 3.49. The van der Waals surface area contributed by atoms with E-state index in [-0.39, 0.29) is 0 Å². The van der Waals surface area contributed by atoms with Gasteiger partial charge in [0, 0.05) is 6.54 Å². The van der Waals surface area contributed by atoms with Crippen molar-refractivity contribution in [3.8, 4) is 0 Å². The smallest absolute Gasteiger partial charge is 0.0230 e. The van der Waals surface area contributed by atoms with E-state index in [0.717, 1.165) is 19.6 Å². The van der Waals surface area contributed by atoms with Gasteiger partial charge >= 0.3 is 0 Å². The van der Waals surface area contributed by atoms with E-state index in [4.69, 9.17) is 5.73 Å². The molecule has 0 atom stereocenters. The van der Waals surface area contributed by atoms with Gasteiger partial charge in [-0.2, -0.15) is 0 Å². The predicted molar refractivity (Wildman–Crippen MR) is 86.7 cm³/mol. The lowest BCUT2D eigenvalue weighted by Gasteiger charge is -2.37. The Labute approximate surface area is 124 Å². The minimum Gasteiger partial charge on any atom is -0.330 e. The van der Waals surface area contributed by atoms with E-state index in [2.05, 4.69) is 43.1 Å². The highest BCUT2D eigenvalue weighted by Crippen LogP contribution is 2.38. The summed E-state index contributed by atoms with van der Waals surface area (Å²) in [5.74, 6) is 0. The highest BCUT2D eigenvalue weighted by Gasteiger charge is 2.30. The average molecular weight is 274 g/mol. The second-order valence-corrected chi connectivity index (χ2v) is 6.74. The van der Waals surface area contributed by atoms with Crippen molar-refractivity contribution in [1.29, 1.82) is 0 Å². The van der Waals surface area contributed by atoms with E-state index in [1.165, 1.54) is 49.7 Å². The third-order valence-electron chi connectivity index (χ3n) is 4.91. The highest BCUT2D eigenvalue weighted by atomic mass is 15.1. The fourth-order valence-corrected chi connectivity index (χ4v) is 3.49. The minimum absolute atomic E-state index is 0.430. The van der Waals surface area contributed by atoms with Crippen molar-refractivity contribution in [2.75, 3.05) is 20.1 Å². The molecule has 1 aromatic rings. The van der Waals surface area contributed by atoms with Gasteiger partial charge in [0.1, 0.15) is 0 Å². The lowest BCUT2D eigenvalue weighted by atomic mass is 9.72. The number of nitrogens with zero attached hydrogens (tertiary/aromatic N) is 1. The van der Waals surface area contributed by atoms with Gasteiger partial charge in [0.25, 0.3) is 0 Å². The van der Waals surface area contributed by atoms with Crippen LogP contribution >= 0.6 is 0 Å². The van der Waals surface area contributed by atoms with Gasteiger partial charge < -0.3 is 10.6 Å². The van der Waals surface area contributed by atoms with E-state index in [1.807, 2.05) is 0 Å². The Kier molecular flexibility index (Phi) is 5.62. The standard InChI is InChI=1S/C18H30N2/c1-16-7-6-8-17(13-16)14-20(2)12-11-18(15-19)9-4-3-5-10-18/h6-8,13H,3-5,9-12,14-15,19H2,1-2H3. The molecule has 0 unspecified atom stereocenters. The number of hydrogen-bond acceptors (Lipinski definition) is 2. The molecule has 2 heteroatoms. The van der Waals surface area contributed by atoms with Crippen molar-refractivity contribution in [3.63, 3.8) is 0 Å². The molecule has 1 aliphatic rings. The van der Waals surface area contributed by atoms with Gasteiger partial charge in [-0.3, -0.25) is 0 Å². The molecule has 1 aromatic carbocycles. The Balaban J connectivity index is 1.83. The molecule has 0 aromatic heterocycles. The van der Waals surface area contributed by atoms with Crippen molar-refractivity contribution >= 4 is 0 Å². The average Bonchev–Trinajstić information content (AvgIpc) is 2.46. The molecule has 0 heterocycles. The molecule has 1 aliphatic carbocycles. The number of nitrogens with two attached hydrogens (primary N) is 1. The van der Waals surface area contributed by atoms with Crippen LogP contribution in [-0.2, 0) is 6.54 Å². The van der Waals surface area contributed by atoms with Crippen LogP contribution in [0.3, 0.4) is 0 Å². The molecule has 1 saturated carbocycles. The molecule has 2 rings (SSSR count). The zero-order chi connectivity index (χ0) is 14.4. The van der Waals surface area contributed by atoms with E-state index >= 15 is 0 Å². The first-order valence-electron chi connectivity index (χ1n) is 8.08. The molecule has 0 saturated heterocycles. The summed E-state index contributed by atoms with van der Waals surface area (Å²) in [6, 6.07) is 8.83. The summed E-state index contributed by atoms with van der Waals surface area (Å²) in [4.78, 5) is 2.45. The number of aryl methyl sites for hydroxylation is 1. The summed E-state index contributed by atoms with van der Waals surface area (Å²) >= 11 is 0. The predicted octanol–water partition coefficient (Wildman–Crippen LogP) is 3.73. The van der Waals surface area contributed by atoms with Crippen LogP contribution in [-0.4, -0.2) is 25.0 Å². The molecule has 0 amide bonds. The summed E-state index contributed by atoms with van der Waals surface area (Å²) in [6.45, 7) is 5.23. The Morgan fingerprint density at radius 2 is 1.95 bits per heavy atom. The molecule has 2 nitrogen and oxygen atoms in total. The Hall–Kier alpha value is -0.860. The SMILES string of the molecule is Cc1cccc(CN(C)CCC2(CN)CCCCC2)c1. The third kappa shape index (κ3) is 4.32. The fraction of sp³-hybridized carbons (Fsp3) is 0.667. The van der Waals surface area contributed by atoms with Crippen LogP contribution in [0.25, 0.3) is 0 Å². The van der Waals surface area contributed by atoms with Crippen LogP contribution in [0, 0.1) is 12.3 Å². The summed E-state index contributed by atoms with van der Waals surface area (Å²) in [5.41, 5.74) is 9.27. The lowest BCUT2D eigenvalue weighted by molar-refractivity contribution is 0.154. The van der Waals surface area contributed by atoms with Gasteiger partial charge in [0.05, 0.1) is 0 Å². The van der Waals surface area contributed by atoms with Crippen LogP contribution in [0.15, 0.2) is 24.3 Å². The van der Waals surface area contributed by atoms with Crippen LogP contribution < -0.4 is 5.73 Å². The highest BCUT2D eigenvalue weighted by molar-refractivity contribution is 5.21. The van der Waals surface area contributed by atoms with Crippen LogP contribution in [0.4, 0.5) is 0 Å². The molecular weight excluding hydrogens is 244 g/mol. The summed E-state index contributed by atoms with van der Waals surface area (Å²) in [5, 5.41) is 0. The zero-order valence-electron chi connectivity index (χ0n) is 13.2. The first-order chi connectivity index (χ1) is 9.63. The van der Waals surface area contributed by atoms with Crippen molar-refractivity contribution in [3.05, 3.63) is 35.4 Å². The molecule has 0 spiro atoms. The first-order valence-corrected chi connectivity index (χ1v) is 8.08. The number of hydrogen-bond donors (Lipinski definition) is 1. The molecule has 112 valence electrons. The Bertz CT molecular complexity index is 408. The van der Waals surface area contributed by atoms with Crippen molar-refractivity contribution in [2.45, 2.75) is 52.0 Å². The van der Waals surface area contributed by atoms with Gasteiger partial charge in [0.2, 0.25) is 0 Å². The van der Waals surface area contributed by atoms with Crippen LogP contribution in [0.2, 0.25) is 0 Å². The Morgan fingerprint density at radius 1 is 1.20 bits per heavy atom. The van der Waals surface area contributed by atoms with Gasteiger partial charge in [-0.1, -0.05) is 49.1 Å². The monoisotopic (exact) mass is 274 g/mol. The molecule has 20 heavy (non-hydrogen) atoms. The maximum absolute atomic E-state index is 6.08. The zero-order valence-corrected chi connectivity index (χ0v) is 13.2. The number of rotatable bonds is 6. The second-order valence-electron chi connectivity index (χ2n) is 6.74. The largest absolute Gasteiger partial charge is 0.330 e. The van der Waals surface area contributed by atoms with Gasteiger partial charge in [-0.05, 0) is 57.3 Å². The first kappa shape index (κ1) is 15.5. The van der Waals surface area contributed by atoms with E-state index in [1.54, 1.807) is 0 Å². The third-order valence-corrected chi connectivity index (χ3v) is 4.91. The van der Waals surface area contributed by atoms with Crippen molar-refractivity contribution in [2.24, 2.45) is 11.1 Å². The minimum atomic E-state index is 0.430. The van der Waals surface area contributed by atoms with Gasteiger partial charge in [0.15, 0.2) is 0 Å². The van der Waals surface area contributed by atoms with Crippen molar-refractivity contribution in [1.82, 2.24) is 4.90 Å². The molecule has 0 radical (unpaired) electrons. The van der Waals surface area contributed by atoms with Gasteiger partial charge in [-0.25, -0.2) is 0 Å². The summed E-state index contributed by atoms with van der Waals surface area (Å²) < 4.78 is 0. The van der Waals surface area contributed by atoms with E-state index < -0.39 is 0 Å². The molecule has 1 fully saturated rings. The second kappa shape index (κ2) is 7.24. The lowest BCUT2D eigenvalue weighted by Crippen LogP contribution is -2.36. The molecule has 0 bridgehead atoms. The van der Waals surface area contributed by atoms with Gasteiger partial charge in [-0.15, -0.1) is 0 Å². The van der Waals surface area contributed by atoms with E-state index in [9.17, 15) is 0 Å². The number of benzene rings is 1. The van der Waals surface area contributed by atoms with Crippen LogP contribution in [0.1, 0.15) is 49.7 Å². The molecular formula is C18H30N2. The normalized spacial score (nSPS) is 18.4. The topological polar surface area (TPSA) is 29.3 Å². The van der Waals surface area contributed by atoms with E-state index in [0.29, 0.717) is 5.41 Å². The quantitative estimate of drug-likeness (QED) is 0.856. The molecule has 0 aliphatic heterocycles. The maximum atomic E-state index is 6.08. The molecule has 2 N–H and O–H groups in total. The summed E-state index contributed by atoms with van der Waals surface area (Å²) in [6.07, 6.45) is 8.08.